The van der Waals surface area contributed by atoms with Crippen LogP contribution in [-0.2, 0) is 0 Å². The van der Waals surface area contributed by atoms with Crippen molar-refractivity contribution in [3.8, 4) is 0 Å². The van der Waals surface area contributed by atoms with Crippen LogP contribution in [0.15, 0.2) is 60.7 Å². The van der Waals surface area contributed by atoms with Crippen molar-refractivity contribution in [1.82, 2.24) is 0 Å². The van der Waals surface area contributed by atoms with E-state index in [9.17, 15) is 0 Å². The van der Waals surface area contributed by atoms with Crippen molar-refractivity contribution in [1.29, 1.82) is 0 Å². The van der Waals surface area contributed by atoms with Gasteiger partial charge >= 0.3 is 0 Å². The first-order valence-electron chi connectivity index (χ1n) is 8.46. The molecule has 3 rings (SSSR count). The van der Waals surface area contributed by atoms with Gasteiger partial charge < -0.3 is 4.90 Å². The summed E-state index contributed by atoms with van der Waals surface area (Å²) in [6.45, 7) is 10.8. The minimum absolute atomic E-state index is 1.20. The van der Waals surface area contributed by atoms with E-state index in [0.717, 1.165) is 0 Å². The summed E-state index contributed by atoms with van der Waals surface area (Å²) < 4.78 is 0. The Morgan fingerprint density at radius 2 is 0.875 bits per heavy atom. The summed E-state index contributed by atoms with van der Waals surface area (Å²) in [6.07, 6.45) is 0. The molecular weight excluding hydrogens is 290 g/mol. The first kappa shape index (κ1) is 16.3. The first-order valence-corrected chi connectivity index (χ1v) is 8.46. The van der Waals surface area contributed by atoms with Gasteiger partial charge in [0.15, 0.2) is 0 Å². The van der Waals surface area contributed by atoms with E-state index >= 15 is 0 Å². The van der Waals surface area contributed by atoms with Crippen molar-refractivity contribution < 1.29 is 0 Å². The number of aryl methyl sites for hydroxylation is 5. The van der Waals surface area contributed by atoms with Gasteiger partial charge in [-0.1, -0.05) is 24.3 Å². The molecule has 0 heterocycles. The molecule has 122 valence electrons. The highest BCUT2D eigenvalue weighted by atomic mass is 15.1. The van der Waals surface area contributed by atoms with Crippen LogP contribution >= 0.6 is 0 Å². The Kier molecular flexibility index (Phi) is 4.44. The lowest BCUT2D eigenvalue weighted by molar-refractivity contribution is 1.23. The summed E-state index contributed by atoms with van der Waals surface area (Å²) >= 11 is 0. The fraction of sp³-hybridized carbons (Fsp3) is 0.217. The molecule has 1 heteroatoms. The van der Waals surface area contributed by atoms with Gasteiger partial charge in [-0.3, -0.25) is 0 Å². The SMILES string of the molecule is Cc1cccc(N(c2cc(C)cc(C)c2)c2cc(C)cc(C)c2)c1. The fourth-order valence-corrected chi connectivity index (χ4v) is 3.37. The highest BCUT2D eigenvalue weighted by Gasteiger charge is 2.14. The predicted octanol–water partition coefficient (Wildman–Crippen LogP) is 6.70. The molecule has 0 saturated heterocycles. The molecule has 3 aromatic carbocycles. The number of hydrogen-bond donors (Lipinski definition) is 0. The van der Waals surface area contributed by atoms with Crippen molar-refractivity contribution in [3.05, 3.63) is 88.5 Å². The first-order chi connectivity index (χ1) is 11.4. The van der Waals surface area contributed by atoms with Gasteiger partial charge in [0, 0.05) is 17.1 Å². The second kappa shape index (κ2) is 6.52. The van der Waals surface area contributed by atoms with Crippen molar-refractivity contribution >= 4 is 17.1 Å². The van der Waals surface area contributed by atoms with Crippen LogP contribution in [0.5, 0.6) is 0 Å². The lowest BCUT2D eigenvalue weighted by atomic mass is 10.1. The Bertz CT molecular complexity index is 785. The van der Waals surface area contributed by atoms with Crippen LogP contribution in [0.2, 0.25) is 0 Å². The van der Waals surface area contributed by atoms with Crippen molar-refractivity contribution in [2.75, 3.05) is 4.90 Å². The van der Waals surface area contributed by atoms with Gasteiger partial charge in [0.25, 0.3) is 0 Å². The van der Waals surface area contributed by atoms with Crippen molar-refractivity contribution in [2.24, 2.45) is 0 Å². The normalized spacial score (nSPS) is 10.7. The zero-order valence-corrected chi connectivity index (χ0v) is 15.2. The maximum Gasteiger partial charge on any atom is 0.0466 e. The van der Waals surface area contributed by atoms with E-state index in [-0.39, 0.29) is 0 Å². The quantitative estimate of drug-likeness (QED) is 0.520. The largest absolute Gasteiger partial charge is 0.310 e. The lowest BCUT2D eigenvalue weighted by Crippen LogP contribution is -2.11. The molecule has 3 aromatic rings. The maximum absolute atomic E-state index is 2.35. The van der Waals surface area contributed by atoms with Crippen LogP contribution < -0.4 is 4.90 Å². The molecule has 0 aliphatic heterocycles. The number of benzene rings is 3. The van der Waals surface area contributed by atoms with Crippen LogP contribution in [0.3, 0.4) is 0 Å². The number of anilines is 3. The van der Waals surface area contributed by atoms with E-state index in [0.29, 0.717) is 0 Å². The van der Waals surface area contributed by atoms with E-state index in [1.165, 1.54) is 44.9 Å². The summed E-state index contributed by atoms with van der Waals surface area (Å²) in [5, 5.41) is 0. The van der Waals surface area contributed by atoms with Crippen LogP contribution in [0.25, 0.3) is 0 Å². The summed E-state index contributed by atoms with van der Waals surface area (Å²) in [5.74, 6) is 0. The molecule has 0 N–H and O–H groups in total. The van der Waals surface area contributed by atoms with Crippen molar-refractivity contribution in [2.45, 2.75) is 34.6 Å². The molecular formula is C23H25N. The second-order valence-electron chi connectivity index (χ2n) is 6.87. The molecule has 0 spiro atoms. The third-order valence-electron chi connectivity index (χ3n) is 4.19. The molecule has 0 amide bonds. The van der Waals surface area contributed by atoms with Gasteiger partial charge in [0.1, 0.15) is 0 Å². The highest BCUT2D eigenvalue weighted by Crippen LogP contribution is 2.36. The minimum Gasteiger partial charge on any atom is -0.310 e. The monoisotopic (exact) mass is 315 g/mol. The van der Waals surface area contributed by atoms with Gasteiger partial charge in [-0.05, 0) is 98.8 Å². The molecule has 0 unspecified atom stereocenters. The predicted molar refractivity (Wildman–Crippen MR) is 105 cm³/mol. The maximum atomic E-state index is 2.35. The fourth-order valence-electron chi connectivity index (χ4n) is 3.37. The van der Waals surface area contributed by atoms with E-state index in [2.05, 4.69) is 100 Å². The minimum atomic E-state index is 1.20. The van der Waals surface area contributed by atoms with Gasteiger partial charge in [-0.15, -0.1) is 0 Å². The average molecular weight is 315 g/mol. The summed E-state index contributed by atoms with van der Waals surface area (Å²) in [7, 11) is 0. The van der Waals surface area contributed by atoms with Gasteiger partial charge in [-0.2, -0.15) is 0 Å². The summed E-state index contributed by atoms with van der Waals surface area (Å²) in [6, 6.07) is 22.2. The van der Waals surface area contributed by atoms with E-state index in [4.69, 9.17) is 0 Å². The lowest BCUT2D eigenvalue weighted by Gasteiger charge is -2.27. The number of hydrogen-bond acceptors (Lipinski definition) is 1. The zero-order valence-electron chi connectivity index (χ0n) is 15.2. The van der Waals surface area contributed by atoms with Crippen LogP contribution in [0.4, 0.5) is 17.1 Å². The van der Waals surface area contributed by atoms with Crippen molar-refractivity contribution in [3.63, 3.8) is 0 Å². The highest BCUT2D eigenvalue weighted by molar-refractivity contribution is 5.78. The Balaban J connectivity index is 2.24. The third kappa shape index (κ3) is 3.51. The Labute approximate surface area is 145 Å². The average Bonchev–Trinajstić information content (AvgIpc) is 2.45. The van der Waals surface area contributed by atoms with E-state index in [1.807, 2.05) is 0 Å². The van der Waals surface area contributed by atoms with Crippen LogP contribution in [0.1, 0.15) is 27.8 Å². The number of rotatable bonds is 3. The van der Waals surface area contributed by atoms with Gasteiger partial charge in [-0.25, -0.2) is 0 Å². The standard InChI is InChI=1S/C23H25N/c1-16-7-6-8-21(11-16)24(22-12-17(2)9-18(3)13-22)23-14-19(4)10-20(5)15-23/h6-15H,1-5H3. The molecule has 24 heavy (non-hydrogen) atoms. The number of nitrogens with zero attached hydrogens (tertiary/aromatic N) is 1. The Hall–Kier alpha value is -2.54. The molecule has 0 aliphatic rings. The molecule has 0 aromatic heterocycles. The van der Waals surface area contributed by atoms with Gasteiger partial charge in [0.2, 0.25) is 0 Å². The molecule has 1 nitrogen and oxygen atoms in total. The molecule has 0 radical (unpaired) electrons. The summed E-state index contributed by atoms with van der Waals surface area (Å²) in [4.78, 5) is 2.35. The molecule has 0 fully saturated rings. The van der Waals surface area contributed by atoms with Crippen LogP contribution in [-0.4, -0.2) is 0 Å². The second-order valence-corrected chi connectivity index (χ2v) is 6.87. The third-order valence-corrected chi connectivity index (χ3v) is 4.19. The molecule has 0 saturated carbocycles. The molecule has 0 aliphatic carbocycles. The Morgan fingerprint density at radius 1 is 0.458 bits per heavy atom. The van der Waals surface area contributed by atoms with E-state index in [1.54, 1.807) is 0 Å². The summed E-state index contributed by atoms with van der Waals surface area (Å²) in [5.41, 5.74) is 10.0. The zero-order chi connectivity index (χ0) is 17.3. The molecule has 0 bridgehead atoms. The smallest absolute Gasteiger partial charge is 0.0466 e. The molecule has 0 atom stereocenters. The van der Waals surface area contributed by atoms with Gasteiger partial charge in [0.05, 0.1) is 0 Å². The topological polar surface area (TPSA) is 3.24 Å². The van der Waals surface area contributed by atoms with Crippen LogP contribution in [0, 0.1) is 34.6 Å². The van der Waals surface area contributed by atoms with E-state index < -0.39 is 0 Å². The Morgan fingerprint density at radius 3 is 1.29 bits per heavy atom.